The van der Waals surface area contributed by atoms with Crippen molar-refractivity contribution in [2.45, 2.75) is 6.92 Å². The Hall–Kier alpha value is -2.30. The molecule has 0 aliphatic rings. The Bertz CT molecular complexity index is 548. The fourth-order valence-corrected chi connectivity index (χ4v) is 1.48. The second kappa shape index (κ2) is 4.29. The molecule has 0 aliphatic carbocycles. The zero-order valence-electron chi connectivity index (χ0n) is 9.54. The predicted molar refractivity (Wildman–Crippen MR) is 62.1 cm³/mol. The summed E-state index contributed by atoms with van der Waals surface area (Å²) in [6.45, 7) is 1.70. The van der Waals surface area contributed by atoms with E-state index in [0.717, 1.165) is 0 Å². The first-order valence-corrected chi connectivity index (χ1v) is 5.07. The van der Waals surface area contributed by atoms with Gasteiger partial charge in [-0.2, -0.15) is 0 Å². The van der Waals surface area contributed by atoms with Crippen LogP contribution in [-0.2, 0) is 0 Å². The Balaban J connectivity index is 2.30. The monoisotopic (exact) mass is 232 g/mol. The third-order valence-electron chi connectivity index (χ3n) is 2.46. The number of carbonyl (C=O) groups is 1. The Labute approximate surface area is 98.3 Å². The summed E-state index contributed by atoms with van der Waals surface area (Å²) in [6, 6.07) is 6.44. The second-order valence-corrected chi connectivity index (χ2v) is 3.65. The molecular formula is C12H12N2O3. The van der Waals surface area contributed by atoms with Crippen molar-refractivity contribution >= 4 is 11.6 Å². The highest BCUT2D eigenvalue weighted by Gasteiger charge is 2.19. The van der Waals surface area contributed by atoms with E-state index >= 15 is 0 Å². The van der Waals surface area contributed by atoms with Gasteiger partial charge in [0.25, 0.3) is 5.91 Å². The van der Waals surface area contributed by atoms with E-state index in [4.69, 9.17) is 4.42 Å². The molecule has 0 spiro atoms. The van der Waals surface area contributed by atoms with E-state index in [1.807, 2.05) is 0 Å². The van der Waals surface area contributed by atoms with E-state index in [9.17, 15) is 9.90 Å². The number of anilines is 1. The minimum Gasteiger partial charge on any atom is -0.508 e. The van der Waals surface area contributed by atoms with Gasteiger partial charge in [-0.3, -0.25) is 4.79 Å². The maximum absolute atomic E-state index is 12.0. The minimum atomic E-state index is -0.300. The average Bonchev–Trinajstić information content (AvgIpc) is 2.73. The predicted octanol–water partition coefficient (Wildman–Crippen LogP) is 1.97. The number of carbonyl (C=O) groups excluding carboxylic acids is 1. The quantitative estimate of drug-likeness (QED) is 0.859. The molecule has 0 saturated carbocycles. The minimum absolute atomic E-state index is 0.108. The first-order valence-electron chi connectivity index (χ1n) is 5.07. The molecule has 0 aliphatic heterocycles. The van der Waals surface area contributed by atoms with Crippen molar-refractivity contribution in [1.29, 1.82) is 0 Å². The highest BCUT2D eigenvalue weighted by atomic mass is 16.3. The zero-order valence-corrected chi connectivity index (χ0v) is 9.54. The van der Waals surface area contributed by atoms with Crippen molar-refractivity contribution in [3.8, 4) is 5.75 Å². The van der Waals surface area contributed by atoms with Gasteiger partial charge in [0.05, 0.1) is 5.69 Å². The van der Waals surface area contributed by atoms with Crippen LogP contribution in [0.1, 0.15) is 16.2 Å². The van der Waals surface area contributed by atoms with Crippen molar-refractivity contribution < 1.29 is 14.3 Å². The summed E-state index contributed by atoms with van der Waals surface area (Å²) in [5.41, 5.74) is 1.13. The second-order valence-electron chi connectivity index (χ2n) is 3.65. The van der Waals surface area contributed by atoms with Crippen LogP contribution in [0.4, 0.5) is 5.69 Å². The van der Waals surface area contributed by atoms with Crippen molar-refractivity contribution in [2.24, 2.45) is 0 Å². The summed E-state index contributed by atoms with van der Waals surface area (Å²) in [5.74, 6) is 0.0119. The summed E-state index contributed by atoms with van der Waals surface area (Å²) in [7, 11) is 1.61. The first-order chi connectivity index (χ1) is 8.09. The number of oxazole rings is 1. The van der Waals surface area contributed by atoms with Crippen molar-refractivity contribution in [2.75, 3.05) is 11.9 Å². The normalized spacial score (nSPS) is 10.2. The number of rotatable bonds is 2. The van der Waals surface area contributed by atoms with Crippen LogP contribution in [0, 0.1) is 6.92 Å². The molecule has 0 radical (unpaired) electrons. The number of phenols is 1. The Morgan fingerprint density at radius 2 is 2.24 bits per heavy atom. The van der Waals surface area contributed by atoms with Gasteiger partial charge in [-0.25, -0.2) is 4.98 Å². The molecule has 1 heterocycles. The van der Waals surface area contributed by atoms with Crippen LogP contribution in [0.15, 0.2) is 35.1 Å². The molecule has 2 aromatic rings. The summed E-state index contributed by atoms with van der Waals surface area (Å²) >= 11 is 0. The lowest BCUT2D eigenvalue weighted by Crippen LogP contribution is -2.26. The molecule has 5 heteroatoms. The lowest BCUT2D eigenvalue weighted by atomic mass is 10.2. The summed E-state index contributed by atoms with van der Waals surface area (Å²) in [5, 5.41) is 9.36. The van der Waals surface area contributed by atoms with Crippen LogP contribution in [0.3, 0.4) is 0 Å². The van der Waals surface area contributed by atoms with E-state index in [-0.39, 0.29) is 17.4 Å². The number of amides is 1. The van der Waals surface area contributed by atoms with Gasteiger partial charge in [0.2, 0.25) is 5.76 Å². The van der Waals surface area contributed by atoms with Gasteiger partial charge < -0.3 is 14.4 Å². The van der Waals surface area contributed by atoms with E-state index in [2.05, 4.69) is 4.98 Å². The number of phenolic OH excluding ortho intramolecular Hbond substituents is 1. The molecular weight excluding hydrogens is 220 g/mol. The van der Waals surface area contributed by atoms with Gasteiger partial charge in [0.1, 0.15) is 5.75 Å². The lowest BCUT2D eigenvalue weighted by molar-refractivity contribution is 0.0965. The summed E-state index contributed by atoms with van der Waals surface area (Å²) < 4.78 is 5.03. The fourth-order valence-electron chi connectivity index (χ4n) is 1.48. The lowest BCUT2D eigenvalue weighted by Gasteiger charge is -2.16. The number of aryl methyl sites for hydroxylation is 1. The highest BCUT2D eigenvalue weighted by molar-refractivity contribution is 6.04. The Morgan fingerprint density at radius 3 is 2.82 bits per heavy atom. The molecule has 5 nitrogen and oxygen atoms in total. The average molecular weight is 232 g/mol. The molecule has 0 bridgehead atoms. The largest absolute Gasteiger partial charge is 0.508 e. The molecule has 2 rings (SSSR count). The third-order valence-corrected chi connectivity index (χ3v) is 2.46. The standard InChI is InChI=1S/C12H12N2O3/c1-8-11(17-7-13-8)12(16)14(2)9-4-3-5-10(15)6-9/h3-7,15H,1-2H3. The van der Waals surface area contributed by atoms with Crippen LogP contribution in [-0.4, -0.2) is 23.0 Å². The molecule has 0 atom stereocenters. The fraction of sp³-hybridized carbons (Fsp3) is 0.167. The number of aromatic hydroxyl groups is 1. The Morgan fingerprint density at radius 1 is 1.47 bits per heavy atom. The molecule has 0 saturated heterocycles. The van der Waals surface area contributed by atoms with Crippen LogP contribution < -0.4 is 4.90 Å². The number of hydrogen-bond acceptors (Lipinski definition) is 4. The number of benzene rings is 1. The smallest absolute Gasteiger partial charge is 0.295 e. The van der Waals surface area contributed by atoms with E-state index in [1.54, 1.807) is 32.2 Å². The van der Waals surface area contributed by atoms with Gasteiger partial charge in [-0.15, -0.1) is 0 Å². The number of aromatic nitrogens is 1. The van der Waals surface area contributed by atoms with Crippen LogP contribution in [0.25, 0.3) is 0 Å². The van der Waals surface area contributed by atoms with Gasteiger partial charge in [-0.05, 0) is 19.1 Å². The van der Waals surface area contributed by atoms with Gasteiger partial charge >= 0.3 is 0 Å². The maximum Gasteiger partial charge on any atom is 0.295 e. The highest BCUT2D eigenvalue weighted by Crippen LogP contribution is 2.21. The molecule has 0 fully saturated rings. The molecule has 1 aromatic carbocycles. The maximum atomic E-state index is 12.0. The molecule has 88 valence electrons. The van der Waals surface area contributed by atoms with Gasteiger partial charge in [-0.1, -0.05) is 6.07 Å². The third kappa shape index (κ3) is 2.13. The number of hydrogen-bond donors (Lipinski definition) is 1. The van der Waals surface area contributed by atoms with E-state index in [1.165, 1.54) is 17.4 Å². The first kappa shape index (κ1) is 11.2. The van der Waals surface area contributed by atoms with E-state index < -0.39 is 0 Å². The summed E-state index contributed by atoms with van der Waals surface area (Å²) in [6.07, 6.45) is 1.23. The van der Waals surface area contributed by atoms with Crippen molar-refractivity contribution in [3.63, 3.8) is 0 Å². The molecule has 1 aromatic heterocycles. The van der Waals surface area contributed by atoms with Crippen molar-refractivity contribution in [3.05, 3.63) is 42.1 Å². The van der Waals surface area contributed by atoms with Crippen LogP contribution in [0.5, 0.6) is 5.75 Å². The molecule has 0 unspecified atom stereocenters. The van der Waals surface area contributed by atoms with Crippen molar-refractivity contribution in [1.82, 2.24) is 4.98 Å². The van der Waals surface area contributed by atoms with Gasteiger partial charge in [0, 0.05) is 18.8 Å². The number of nitrogens with zero attached hydrogens (tertiary/aromatic N) is 2. The molecule has 17 heavy (non-hydrogen) atoms. The SMILES string of the molecule is Cc1ncoc1C(=O)N(C)c1cccc(O)c1. The van der Waals surface area contributed by atoms with Gasteiger partial charge in [0.15, 0.2) is 6.39 Å². The van der Waals surface area contributed by atoms with Crippen LogP contribution >= 0.6 is 0 Å². The van der Waals surface area contributed by atoms with E-state index in [0.29, 0.717) is 11.4 Å². The Kier molecular flexibility index (Phi) is 2.82. The topological polar surface area (TPSA) is 66.6 Å². The van der Waals surface area contributed by atoms with Crippen LogP contribution in [0.2, 0.25) is 0 Å². The summed E-state index contributed by atoms with van der Waals surface area (Å²) in [4.78, 5) is 17.3. The zero-order chi connectivity index (χ0) is 12.4. The molecule has 1 amide bonds. The molecule has 1 N–H and O–H groups in total.